The van der Waals surface area contributed by atoms with Crippen LogP contribution in [-0.4, -0.2) is 41.3 Å². The molecule has 5 heteroatoms. The number of nitrogens with zero attached hydrogens (tertiary/aromatic N) is 2. The highest BCUT2D eigenvalue weighted by atomic mass is 35.5. The molecule has 2 N–H and O–H groups in total. The minimum atomic E-state index is 0. The molecule has 4 nitrogen and oxygen atoms in total. The number of aromatic amines is 1. The smallest absolute Gasteiger partial charge is 0.0638 e. The van der Waals surface area contributed by atoms with Gasteiger partial charge in [0.15, 0.2) is 0 Å². The standard InChI is InChI=1S/C12H22N4.ClH/c1-9-12(10(2)15-14-9)8-13-7-11-5-4-6-16(11)3;/h11,13H,4-8H2,1-3H3,(H,14,15);1H. The van der Waals surface area contributed by atoms with Crippen molar-refractivity contribution in [1.29, 1.82) is 0 Å². The molecule has 0 aliphatic carbocycles. The van der Waals surface area contributed by atoms with E-state index in [1.54, 1.807) is 0 Å². The number of nitrogens with one attached hydrogen (secondary N) is 2. The third-order valence-electron chi connectivity index (χ3n) is 3.63. The van der Waals surface area contributed by atoms with Gasteiger partial charge in [-0.1, -0.05) is 0 Å². The van der Waals surface area contributed by atoms with Crippen molar-refractivity contribution in [1.82, 2.24) is 20.4 Å². The Hall–Kier alpha value is -0.580. The monoisotopic (exact) mass is 258 g/mol. The Morgan fingerprint density at radius 3 is 2.76 bits per heavy atom. The lowest BCUT2D eigenvalue weighted by Crippen LogP contribution is -2.35. The number of rotatable bonds is 4. The predicted molar refractivity (Wildman–Crippen MR) is 72.7 cm³/mol. The molecule has 1 aromatic rings. The Morgan fingerprint density at radius 1 is 1.47 bits per heavy atom. The Kier molecular flexibility index (Phi) is 5.43. The summed E-state index contributed by atoms with van der Waals surface area (Å²) in [5.41, 5.74) is 3.62. The van der Waals surface area contributed by atoms with Crippen molar-refractivity contribution in [2.45, 2.75) is 39.3 Å². The predicted octanol–water partition coefficient (Wildman–Crippen LogP) is 1.63. The van der Waals surface area contributed by atoms with Crippen LogP contribution >= 0.6 is 12.4 Å². The molecular formula is C12H23ClN4. The molecule has 1 aromatic heterocycles. The first-order chi connectivity index (χ1) is 7.68. The van der Waals surface area contributed by atoms with Gasteiger partial charge in [0.25, 0.3) is 0 Å². The molecule has 1 fully saturated rings. The fourth-order valence-corrected chi connectivity index (χ4v) is 2.44. The van der Waals surface area contributed by atoms with E-state index >= 15 is 0 Å². The van der Waals surface area contributed by atoms with E-state index in [1.165, 1.54) is 30.6 Å². The summed E-state index contributed by atoms with van der Waals surface area (Å²) < 4.78 is 0. The van der Waals surface area contributed by atoms with E-state index in [9.17, 15) is 0 Å². The van der Waals surface area contributed by atoms with Crippen molar-refractivity contribution < 1.29 is 0 Å². The van der Waals surface area contributed by atoms with Gasteiger partial charge in [-0.2, -0.15) is 5.10 Å². The summed E-state index contributed by atoms with van der Waals surface area (Å²) in [4.78, 5) is 2.45. The Labute approximate surface area is 110 Å². The second kappa shape index (κ2) is 6.38. The second-order valence-corrected chi connectivity index (χ2v) is 4.82. The van der Waals surface area contributed by atoms with Crippen molar-refractivity contribution in [3.05, 3.63) is 17.0 Å². The van der Waals surface area contributed by atoms with E-state index in [2.05, 4.69) is 41.3 Å². The van der Waals surface area contributed by atoms with Gasteiger partial charge in [0.05, 0.1) is 5.69 Å². The molecule has 2 rings (SSSR count). The van der Waals surface area contributed by atoms with E-state index in [0.717, 1.165) is 18.8 Å². The zero-order chi connectivity index (χ0) is 11.5. The molecule has 0 saturated carbocycles. The number of aryl methyl sites for hydroxylation is 2. The number of likely N-dealkylation sites (N-methyl/N-ethyl adjacent to an activating group) is 1. The number of aromatic nitrogens is 2. The average molecular weight is 259 g/mol. The summed E-state index contributed by atoms with van der Waals surface area (Å²) in [7, 11) is 2.22. The lowest BCUT2D eigenvalue weighted by Gasteiger charge is -2.19. The maximum absolute atomic E-state index is 4.21. The van der Waals surface area contributed by atoms with Gasteiger partial charge in [0.1, 0.15) is 0 Å². The van der Waals surface area contributed by atoms with Gasteiger partial charge in [0, 0.05) is 30.4 Å². The fraction of sp³-hybridized carbons (Fsp3) is 0.750. The number of likely N-dealkylation sites (tertiary alicyclic amines) is 1. The molecule has 1 atom stereocenters. The first-order valence-corrected chi connectivity index (χ1v) is 6.10. The first kappa shape index (κ1) is 14.5. The summed E-state index contributed by atoms with van der Waals surface area (Å²) in [6, 6.07) is 0.715. The number of halogens is 1. The SMILES string of the molecule is Cc1n[nH]c(C)c1CNCC1CCCN1C.Cl. The van der Waals surface area contributed by atoms with Crippen LogP contribution < -0.4 is 5.32 Å². The van der Waals surface area contributed by atoms with Gasteiger partial charge in [-0.05, 0) is 40.3 Å². The van der Waals surface area contributed by atoms with Gasteiger partial charge in [-0.15, -0.1) is 12.4 Å². The van der Waals surface area contributed by atoms with Crippen molar-refractivity contribution in [3.63, 3.8) is 0 Å². The van der Waals surface area contributed by atoms with Gasteiger partial charge in [0.2, 0.25) is 0 Å². The lowest BCUT2D eigenvalue weighted by molar-refractivity contribution is 0.300. The fourth-order valence-electron chi connectivity index (χ4n) is 2.44. The Balaban J connectivity index is 0.00000144. The van der Waals surface area contributed by atoms with Crippen molar-refractivity contribution in [3.8, 4) is 0 Å². The van der Waals surface area contributed by atoms with Crippen molar-refractivity contribution >= 4 is 12.4 Å². The zero-order valence-electron chi connectivity index (χ0n) is 10.9. The van der Waals surface area contributed by atoms with E-state index in [4.69, 9.17) is 0 Å². The van der Waals surface area contributed by atoms with Crippen molar-refractivity contribution in [2.75, 3.05) is 20.1 Å². The lowest BCUT2D eigenvalue weighted by atomic mass is 10.2. The van der Waals surface area contributed by atoms with Crippen LogP contribution in [0.1, 0.15) is 29.8 Å². The molecule has 17 heavy (non-hydrogen) atoms. The average Bonchev–Trinajstić information content (AvgIpc) is 2.79. The Morgan fingerprint density at radius 2 is 2.24 bits per heavy atom. The van der Waals surface area contributed by atoms with E-state index < -0.39 is 0 Å². The molecule has 0 spiro atoms. The maximum atomic E-state index is 4.21. The molecule has 1 saturated heterocycles. The molecule has 0 bridgehead atoms. The molecule has 0 amide bonds. The minimum Gasteiger partial charge on any atom is -0.311 e. The third kappa shape index (κ3) is 3.44. The highest BCUT2D eigenvalue weighted by molar-refractivity contribution is 5.85. The Bertz CT molecular complexity index is 331. The van der Waals surface area contributed by atoms with Crippen LogP contribution in [0.5, 0.6) is 0 Å². The quantitative estimate of drug-likeness (QED) is 0.863. The summed E-state index contributed by atoms with van der Waals surface area (Å²) in [6.45, 7) is 7.40. The molecule has 0 radical (unpaired) electrons. The topological polar surface area (TPSA) is 44.0 Å². The van der Waals surface area contributed by atoms with Crippen LogP contribution in [0.15, 0.2) is 0 Å². The van der Waals surface area contributed by atoms with Crippen LogP contribution in [0.2, 0.25) is 0 Å². The van der Waals surface area contributed by atoms with Gasteiger partial charge >= 0.3 is 0 Å². The van der Waals surface area contributed by atoms with Crippen LogP contribution in [0, 0.1) is 13.8 Å². The third-order valence-corrected chi connectivity index (χ3v) is 3.63. The van der Waals surface area contributed by atoms with Crippen LogP contribution in [0.25, 0.3) is 0 Å². The number of hydrogen-bond acceptors (Lipinski definition) is 3. The van der Waals surface area contributed by atoms with Gasteiger partial charge in [-0.3, -0.25) is 5.10 Å². The molecule has 1 aliphatic rings. The van der Waals surface area contributed by atoms with Crippen LogP contribution in [0.3, 0.4) is 0 Å². The molecule has 1 unspecified atom stereocenters. The molecular weight excluding hydrogens is 236 g/mol. The highest BCUT2D eigenvalue weighted by Crippen LogP contribution is 2.14. The first-order valence-electron chi connectivity index (χ1n) is 6.10. The van der Waals surface area contributed by atoms with E-state index in [-0.39, 0.29) is 12.4 Å². The summed E-state index contributed by atoms with van der Waals surface area (Å²) in [5, 5.41) is 10.8. The summed E-state index contributed by atoms with van der Waals surface area (Å²) in [6.07, 6.45) is 2.67. The van der Waals surface area contributed by atoms with Crippen molar-refractivity contribution in [2.24, 2.45) is 0 Å². The second-order valence-electron chi connectivity index (χ2n) is 4.82. The minimum absolute atomic E-state index is 0. The molecule has 2 heterocycles. The zero-order valence-corrected chi connectivity index (χ0v) is 11.7. The van der Waals surface area contributed by atoms with Crippen LogP contribution in [-0.2, 0) is 6.54 Å². The van der Waals surface area contributed by atoms with Crippen LogP contribution in [0.4, 0.5) is 0 Å². The number of H-pyrrole nitrogens is 1. The molecule has 0 aromatic carbocycles. The van der Waals surface area contributed by atoms with Gasteiger partial charge in [-0.25, -0.2) is 0 Å². The molecule has 1 aliphatic heterocycles. The largest absolute Gasteiger partial charge is 0.311 e. The molecule has 98 valence electrons. The summed E-state index contributed by atoms with van der Waals surface area (Å²) in [5.74, 6) is 0. The van der Waals surface area contributed by atoms with Gasteiger partial charge < -0.3 is 10.2 Å². The van der Waals surface area contributed by atoms with E-state index in [1.807, 2.05) is 0 Å². The van der Waals surface area contributed by atoms with E-state index in [0.29, 0.717) is 6.04 Å². The number of hydrogen-bond donors (Lipinski definition) is 2. The maximum Gasteiger partial charge on any atom is 0.0638 e. The highest BCUT2D eigenvalue weighted by Gasteiger charge is 2.20. The normalized spacial score (nSPS) is 20.5. The summed E-state index contributed by atoms with van der Waals surface area (Å²) >= 11 is 0.